The van der Waals surface area contributed by atoms with Crippen LogP contribution < -0.4 is 4.90 Å². The molecule has 0 saturated heterocycles. The number of rotatable bonds is 4. The van der Waals surface area contributed by atoms with Crippen molar-refractivity contribution < 1.29 is 9.90 Å². The fraction of sp³-hybridized carbons (Fsp3) is 0.278. The van der Waals surface area contributed by atoms with Gasteiger partial charge in [0.2, 0.25) is 11.9 Å². The van der Waals surface area contributed by atoms with Gasteiger partial charge in [0.25, 0.3) is 0 Å². The first-order chi connectivity index (χ1) is 11.8. The number of carbonyl (C=O) groups is 1. The van der Waals surface area contributed by atoms with E-state index < -0.39 is 0 Å². The van der Waals surface area contributed by atoms with E-state index >= 15 is 0 Å². The first-order valence-corrected chi connectivity index (χ1v) is 8.04. The lowest BCUT2D eigenvalue weighted by molar-refractivity contribution is -0.124. The summed E-state index contributed by atoms with van der Waals surface area (Å²) in [5.74, 6) is 0.456. The minimum Gasteiger partial charge on any atom is -0.396 e. The van der Waals surface area contributed by atoms with Crippen molar-refractivity contribution in [2.45, 2.75) is 19.5 Å². The van der Waals surface area contributed by atoms with Crippen molar-refractivity contribution in [1.82, 2.24) is 14.5 Å². The van der Waals surface area contributed by atoms with E-state index in [0.29, 0.717) is 25.5 Å². The van der Waals surface area contributed by atoms with Crippen LogP contribution in [0.1, 0.15) is 12.0 Å². The molecule has 1 atom stereocenters. The van der Waals surface area contributed by atoms with Crippen LogP contribution in [0.15, 0.2) is 48.8 Å². The maximum absolute atomic E-state index is 12.9. The van der Waals surface area contributed by atoms with Crippen molar-refractivity contribution in [3.05, 3.63) is 54.4 Å². The van der Waals surface area contributed by atoms with Crippen LogP contribution in [-0.2, 0) is 17.9 Å². The van der Waals surface area contributed by atoms with Crippen molar-refractivity contribution in [1.29, 1.82) is 0 Å². The molecule has 1 unspecified atom stereocenters. The number of anilines is 1. The molecule has 122 valence electrons. The van der Waals surface area contributed by atoms with Gasteiger partial charge in [0, 0.05) is 25.5 Å². The highest BCUT2D eigenvalue weighted by atomic mass is 16.3. The molecule has 0 bridgehead atoms. The number of amides is 1. The first kappa shape index (κ1) is 14.8. The molecule has 1 aliphatic heterocycles. The lowest BCUT2D eigenvalue weighted by Gasteiger charge is -2.32. The van der Waals surface area contributed by atoms with Crippen LogP contribution in [0.4, 0.5) is 5.95 Å². The number of hydrogen-bond acceptors (Lipinski definition) is 4. The first-order valence-electron chi connectivity index (χ1n) is 8.04. The third-order valence-electron chi connectivity index (χ3n) is 4.46. The van der Waals surface area contributed by atoms with Gasteiger partial charge in [-0.2, -0.15) is 0 Å². The van der Waals surface area contributed by atoms with E-state index in [2.05, 4.69) is 14.5 Å². The Balaban J connectivity index is 1.80. The molecule has 3 aromatic rings. The van der Waals surface area contributed by atoms with Gasteiger partial charge in [-0.3, -0.25) is 14.7 Å². The van der Waals surface area contributed by atoms with Gasteiger partial charge in [0.05, 0.1) is 23.5 Å². The van der Waals surface area contributed by atoms with Crippen LogP contribution >= 0.6 is 0 Å². The Morgan fingerprint density at radius 3 is 2.75 bits per heavy atom. The number of aliphatic hydroxyl groups is 1. The highest BCUT2D eigenvalue weighted by molar-refractivity contribution is 5.97. The van der Waals surface area contributed by atoms with Crippen LogP contribution in [0, 0.1) is 5.92 Å². The fourth-order valence-electron chi connectivity index (χ4n) is 3.26. The average molecular weight is 322 g/mol. The molecule has 1 amide bonds. The number of aromatic nitrogens is 3. The second kappa shape index (κ2) is 6.05. The molecule has 1 aliphatic rings. The Bertz CT molecular complexity index is 875. The molecule has 0 aliphatic carbocycles. The second-order valence-electron chi connectivity index (χ2n) is 6.00. The van der Waals surface area contributed by atoms with Gasteiger partial charge in [-0.25, -0.2) is 4.98 Å². The van der Waals surface area contributed by atoms with Crippen LogP contribution in [0.25, 0.3) is 11.0 Å². The zero-order valence-electron chi connectivity index (χ0n) is 13.2. The molecule has 1 aromatic carbocycles. The van der Waals surface area contributed by atoms with Gasteiger partial charge < -0.3 is 9.67 Å². The van der Waals surface area contributed by atoms with Gasteiger partial charge in [0.1, 0.15) is 0 Å². The smallest absolute Gasteiger partial charge is 0.234 e. The van der Waals surface area contributed by atoms with E-state index in [1.54, 1.807) is 17.3 Å². The number of para-hydroxylation sites is 2. The lowest BCUT2D eigenvalue weighted by Crippen LogP contribution is -2.43. The topological polar surface area (TPSA) is 71.2 Å². The molecule has 1 N–H and O–H groups in total. The van der Waals surface area contributed by atoms with Gasteiger partial charge in [-0.15, -0.1) is 0 Å². The van der Waals surface area contributed by atoms with Crippen molar-refractivity contribution in [3.63, 3.8) is 0 Å². The Labute approximate surface area is 139 Å². The highest BCUT2D eigenvalue weighted by Gasteiger charge is 2.34. The van der Waals surface area contributed by atoms with E-state index in [1.807, 2.05) is 36.4 Å². The predicted molar refractivity (Wildman–Crippen MR) is 90.4 cm³/mol. The number of imidazole rings is 1. The van der Waals surface area contributed by atoms with Crippen LogP contribution in [0.3, 0.4) is 0 Å². The summed E-state index contributed by atoms with van der Waals surface area (Å²) in [7, 11) is 0. The zero-order valence-corrected chi connectivity index (χ0v) is 13.2. The minimum atomic E-state index is -0.234. The molecule has 6 nitrogen and oxygen atoms in total. The van der Waals surface area contributed by atoms with Crippen molar-refractivity contribution >= 4 is 22.9 Å². The predicted octanol–water partition coefficient (Wildman–Crippen LogP) is 1.98. The maximum atomic E-state index is 12.9. The molecular formula is C18H18N4O2. The van der Waals surface area contributed by atoms with E-state index in [9.17, 15) is 9.90 Å². The third-order valence-corrected chi connectivity index (χ3v) is 4.46. The highest BCUT2D eigenvalue weighted by Crippen LogP contribution is 2.31. The second-order valence-corrected chi connectivity index (χ2v) is 6.00. The van der Waals surface area contributed by atoms with E-state index in [4.69, 9.17) is 0 Å². The van der Waals surface area contributed by atoms with Crippen molar-refractivity contribution in [3.8, 4) is 0 Å². The molecule has 0 fully saturated rings. The van der Waals surface area contributed by atoms with Crippen molar-refractivity contribution in [2.75, 3.05) is 11.5 Å². The minimum absolute atomic E-state index is 0.00146. The Morgan fingerprint density at radius 2 is 1.96 bits per heavy atom. The fourth-order valence-corrected chi connectivity index (χ4v) is 3.26. The SMILES string of the molecule is O=C1C(CCO)Cn2c(nc3ccccc32)N1Cc1ccncc1. The van der Waals surface area contributed by atoms with Gasteiger partial charge in [-0.05, 0) is 36.2 Å². The summed E-state index contributed by atoms with van der Waals surface area (Å²) >= 11 is 0. The summed E-state index contributed by atoms with van der Waals surface area (Å²) in [5.41, 5.74) is 2.90. The van der Waals surface area contributed by atoms with Gasteiger partial charge >= 0.3 is 0 Å². The lowest BCUT2D eigenvalue weighted by atomic mass is 10.0. The summed E-state index contributed by atoms with van der Waals surface area (Å²) < 4.78 is 2.08. The molecule has 6 heteroatoms. The van der Waals surface area contributed by atoms with E-state index in [1.165, 1.54) is 0 Å². The normalized spacial score (nSPS) is 17.3. The summed E-state index contributed by atoms with van der Waals surface area (Å²) in [6.45, 7) is 1.01. The van der Waals surface area contributed by atoms with Crippen molar-refractivity contribution in [2.24, 2.45) is 5.92 Å². The Kier molecular flexibility index (Phi) is 3.74. The number of carbonyl (C=O) groups excluding carboxylic acids is 1. The number of aliphatic hydroxyl groups excluding tert-OH is 1. The molecule has 4 rings (SSSR count). The Hall–Kier alpha value is -2.73. The quantitative estimate of drug-likeness (QED) is 0.797. The summed E-state index contributed by atoms with van der Waals surface area (Å²) in [5, 5.41) is 9.32. The van der Waals surface area contributed by atoms with Crippen LogP contribution in [0.5, 0.6) is 0 Å². The largest absolute Gasteiger partial charge is 0.396 e. The maximum Gasteiger partial charge on any atom is 0.234 e. The third kappa shape index (κ3) is 2.45. The molecule has 0 saturated carbocycles. The summed E-state index contributed by atoms with van der Waals surface area (Å²) in [6, 6.07) is 11.7. The molecule has 24 heavy (non-hydrogen) atoms. The van der Waals surface area contributed by atoms with Gasteiger partial charge in [-0.1, -0.05) is 12.1 Å². The monoisotopic (exact) mass is 322 g/mol. The number of benzene rings is 1. The summed E-state index contributed by atoms with van der Waals surface area (Å²) in [4.78, 5) is 23.3. The number of fused-ring (bicyclic) bond motifs is 3. The average Bonchev–Trinajstić information content (AvgIpc) is 2.98. The number of pyridine rings is 1. The molecular weight excluding hydrogens is 304 g/mol. The summed E-state index contributed by atoms with van der Waals surface area (Å²) in [6.07, 6.45) is 3.90. The molecule has 0 spiro atoms. The standard InChI is InChI=1S/C18H18N4O2/c23-10-7-14-12-21-16-4-2-1-3-15(16)20-18(21)22(17(14)24)11-13-5-8-19-9-6-13/h1-6,8-9,14,23H,7,10-12H2. The Morgan fingerprint density at radius 1 is 1.17 bits per heavy atom. The molecule has 3 heterocycles. The molecule has 2 aromatic heterocycles. The van der Waals surface area contributed by atoms with E-state index in [0.717, 1.165) is 16.6 Å². The van der Waals surface area contributed by atoms with Crippen LogP contribution in [-0.4, -0.2) is 32.2 Å². The van der Waals surface area contributed by atoms with E-state index in [-0.39, 0.29) is 18.4 Å². The van der Waals surface area contributed by atoms with Crippen LogP contribution in [0.2, 0.25) is 0 Å². The number of nitrogens with zero attached hydrogens (tertiary/aromatic N) is 4. The van der Waals surface area contributed by atoms with Gasteiger partial charge in [0.15, 0.2) is 0 Å². The zero-order chi connectivity index (χ0) is 16.5. The number of hydrogen-bond donors (Lipinski definition) is 1. The molecule has 0 radical (unpaired) electrons.